The largest absolute Gasteiger partial charge is 0.462 e. The summed E-state index contributed by atoms with van der Waals surface area (Å²) in [5.41, 5.74) is 1.51. The predicted molar refractivity (Wildman–Crippen MR) is 112 cm³/mol. The zero-order valence-electron chi connectivity index (χ0n) is 15.8. The van der Waals surface area contributed by atoms with Crippen LogP contribution in [0, 0.1) is 6.92 Å². The molecule has 1 aliphatic rings. The number of halogens is 2. The van der Waals surface area contributed by atoms with E-state index in [0.717, 1.165) is 10.5 Å². The molecule has 1 N–H and O–H groups in total. The first-order valence-electron chi connectivity index (χ1n) is 8.93. The molecule has 0 fully saturated rings. The van der Waals surface area contributed by atoms with Gasteiger partial charge in [0.2, 0.25) is 0 Å². The first-order valence-corrected chi connectivity index (χ1v) is 9.68. The SMILES string of the molecule is CCCOC(=O)c1ccccc1N1C(=O)C(Cl)=C(Nc2ccc(Cl)cc2C)C1=O. The Morgan fingerprint density at radius 3 is 2.52 bits per heavy atom. The number of anilines is 2. The lowest BCUT2D eigenvalue weighted by Gasteiger charge is -2.18. The zero-order chi connectivity index (χ0) is 21.1. The number of carbonyl (C=O) groups is 3. The second-order valence-electron chi connectivity index (χ2n) is 6.37. The first-order chi connectivity index (χ1) is 13.8. The standard InChI is InChI=1S/C21H18Cl2N2O4/c1-3-10-29-21(28)14-6-4-5-7-16(14)25-19(26)17(23)18(20(25)27)24-15-9-8-13(22)11-12(15)2/h4-9,11,24H,3,10H2,1-2H3. The highest BCUT2D eigenvalue weighted by Crippen LogP contribution is 2.33. The van der Waals surface area contributed by atoms with Crippen molar-refractivity contribution in [2.24, 2.45) is 0 Å². The van der Waals surface area contributed by atoms with Crippen LogP contribution < -0.4 is 10.2 Å². The van der Waals surface area contributed by atoms with Crippen LogP contribution in [0.3, 0.4) is 0 Å². The number of ether oxygens (including phenoxy) is 1. The maximum absolute atomic E-state index is 13.0. The number of aryl methyl sites for hydroxylation is 1. The molecule has 0 aromatic heterocycles. The van der Waals surface area contributed by atoms with Crippen molar-refractivity contribution < 1.29 is 19.1 Å². The fourth-order valence-electron chi connectivity index (χ4n) is 2.85. The molecule has 3 rings (SSSR count). The van der Waals surface area contributed by atoms with Gasteiger partial charge >= 0.3 is 5.97 Å². The lowest BCUT2D eigenvalue weighted by atomic mass is 10.1. The third kappa shape index (κ3) is 4.13. The Kier molecular flexibility index (Phi) is 6.25. The fraction of sp³-hybridized carbons (Fsp3) is 0.190. The second kappa shape index (κ2) is 8.68. The summed E-state index contributed by atoms with van der Waals surface area (Å²) in [6.45, 7) is 3.91. The van der Waals surface area contributed by atoms with E-state index >= 15 is 0 Å². The summed E-state index contributed by atoms with van der Waals surface area (Å²) < 4.78 is 5.16. The van der Waals surface area contributed by atoms with Crippen molar-refractivity contribution >= 4 is 52.4 Å². The summed E-state index contributed by atoms with van der Waals surface area (Å²) in [6.07, 6.45) is 0.650. The van der Waals surface area contributed by atoms with Gasteiger partial charge in [-0.25, -0.2) is 9.69 Å². The van der Waals surface area contributed by atoms with Crippen molar-refractivity contribution in [3.05, 3.63) is 69.3 Å². The molecular formula is C21H18Cl2N2O4. The van der Waals surface area contributed by atoms with Crippen LogP contribution in [0.1, 0.15) is 29.3 Å². The van der Waals surface area contributed by atoms with Crippen LogP contribution in [0.2, 0.25) is 5.02 Å². The maximum Gasteiger partial charge on any atom is 0.340 e. The highest BCUT2D eigenvalue weighted by Gasteiger charge is 2.40. The molecule has 0 spiro atoms. The highest BCUT2D eigenvalue weighted by atomic mass is 35.5. The van der Waals surface area contributed by atoms with E-state index in [4.69, 9.17) is 27.9 Å². The first kappa shape index (κ1) is 20.9. The van der Waals surface area contributed by atoms with Crippen LogP contribution >= 0.6 is 23.2 Å². The minimum absolute atomic E-state index is 0.0705. The number of imide groups is 1. The molecule has 0 unspecified atom stereocenters. The second-order valence-corrected chi connectivity index (χ2v) is 7.19. The molecule has 0 bridgehead atoms. The van der Waals surface area contributed by atoms with E-state index in [1.54, 1.807) is 37.3 Å². The lowest BCUT2D eigenvalue weighted by Crippen LogP contribution is -2.33. The number of para-hydroxylation sites is 1. The van der Waals surface area contributed by atoms with Crippen LogP contribution in [0.15, 0.2) is 53.2 Å². The summed E-state index contributed by atoms with van der Waals surface area (Å²) >= 11 is 12.1. The average molecular weight is 433 g/mol. The lowest BCUT2D eigenvalue weighted by molar-refractivity contribution is -0.120. The molecule has 2 amide bonds. The number of esters is 1. The normalized spacial score (nSPS) is 13.9. The number of hydrogen-bond acceptors (Lipinski definition) is 5. The zero-order valence-corrected chi connectivity index (χ0v) is 17.3. The molecule has 150 valence electrons. The Morgan fingerprint density at radius 2 is 1.83 bits per heavy atom. The Labute approximate surface area is 178 Å². The molecule has 1 heterocycles. The Bertz CT molecular complexity index is 1030. The molecule has 8 heteroatoms. The summed E-state index contributed by atoms with van der Waals surface area (Å²) in [6, 6.07) is 11.3. The third-order valence-electron chi connectivity index (χ3n) is 4.28. The van der Waals surface area contributed by atoms with Gasteiger partial charge in [-0.2, -0.15) is 0 Å². The van der Waals surface area contributed by atoms with Gasteiger partial charge in [0.05, 0.1) is 17.9 Å². The van der Waals surface area contributed by atoms with Gasteiger partial charge < -0.3 is 10.1 Å². The van der Waals surface area contributed by atoms with Crippen molar-refractivity contribution in [3.63, 3.8) is 0 Å². The van der Waals surface area contributed by atoms with Gasteiger partial charge in [-0.15, -0.1) is 0 Å². The Morgan fingerprint density at radius 1 is 1.10 bits per heavy atom. The van der Waals surface area contributed by atoms with Gasteiger partial charge in [-0.05, 0) is 49.2 Å². The van der Waals surface area contributed by atoms with E-state index in [1.807, 2.05) is 6.92 Å². The fourth-order valence-corrected chi connectivity index (χ4v) is 3.29. The van der Waals surface area contributed by atoms with Crippen LogP contribution in [0.25, 0.3) is 0 Å². The average Bonchev–Trinajstić information content (AvgIpc) is 2.91. The number of rotatable bonds is 6. The van der Waals surface area contributed by atoms with Crippen LogP contribution in [0.4, 0.5) is 11.4 Å². The topological polar surface area (TPSA) is 75.7 Å². The monoisotopic (exact) mass is 432 g/mol. The Hall–Kier alpha value is -2.83. The van der Waals surface area contributed by atoms with Crippen LogP contribution in [-0.2, 0) is 14.3 Å². The molecule has 0 aliphatic carbocycles. The number of carbonyl (C=O) groups excluding carboxylic acids is 3. The smallest absolute Gasteiger partial charge is 0.340 e. The van der Waals surface area contributed by atoms with E-state index in [1.165, 1.54) is 12.1 Å². The molecule has 2 aromatic rings. The van der Waals surface area contributed by atoms with Gasteiger partial charge in [0, 0.05) is 10.7 Å². The minimum Gasteiger partial charge on any atom is -0.462 e. The van der Waals surface area contributed by atoms with Gasteiger partial charge in [0.15, 0.2) is 0 Å². The van der Waals surface area contributed by atoms with Crippen molar-refractivity contribution in [2.45, 2.75) is 20.3 Å². The van der Waals surface area contributed by atoms with Gasteiger partial charge in [-0.1, -0.05) is 42.3 Å². The van der Waals surface area contributed by atoms with Crippen LogP contribution in [-0.4, -0.2) is 24.4 Å². The van der Waals surface area contributed by atoms with Crippen molar-refractivity contribution in [1.29, 1.82) is 0 Å². The third-order valence-corrected chi connectivity index (χ3v) is 4.86. The van der Waals surface area contributed by atoms with Crippen molar-refractivity contribution in [2.75, 3.05) is 16.8 Å². The van der Waals surface area contributed by atoms with Gasteiger partial charge in [0.1, 0.15) is 10.7 Å². The van der Waals surface area contributed by atoms with E-state index in [-0.39, 0.29) is 28.6 Å². The predicted octanol–water partition coefficient (Wildman–Crippen LogP) is 4.65. The number of amides is 2. The highest BCUT2D eigenvalue weighted by molar-refractivity contribution is 6.53. The maximum atomic E-state index is 13.0. The molecule has 0 atom stereocenters. The molecular weight excluding hydrogens is 415 g/mol. The number of nitrogens with zero attached hydrogens (tertiary/aromatic N) is 1. The molecule has 0 saturated carbocycles. The van der Waals surface area contributed by atoms with E-state index < -0.39 is 17.8 Å². The summed E-state index contributed by atoms with van der Waals surface area (Å²) in [5.74, 6) is -2.00. The molecule has 0 saturated heterocycles. The van der Waals surface area contributed by atoms with Crippen LogP contribution in [0.5, 0.6) is 0 Å². The minimum atomic E-state index is -0.721. The van der Waals surface area contributed by atoms with Gasteiger partial charge in [-0.3, -0.25) is 9.59 Å². The summed E-state index contributed by atoms with van der Waals surface area (Å²) in [5, 5.41) is 3.19. The number of hydrogen-bond donors (Lipinski definition) is 1. The number of nitrogens with one attached hydrogen (secondary N) is 1. The molecule has 6 nitrogen and oxygen atoms in total. The molecule has 2 aromatic carbocycles. The summed E-state index contributed by atoms with van der Waals surface area (Å²) in [4.78, 5) is 39.0. The van der Waals surface area contributed by atoms with E-state index in [2.05, 4.69) is 5.32 Å². The van der Waals surface area contributed by atoms with Crippen molar-refractivity contribution in [3.8, 4) is 0 Å². The van der Waals surface area contributed by atoms with E-state index in [9.17, 15) is 14.4 Å². The Balaban J connectivity index is 1.94. The molecule has 0 radical (unpaired) electrons. The van der Waals surface area contributed by atoms with Gasteiger partial charge in [0.25, 0.3) is 11.8 Å². The molecule has 29 heavy (non-hydrogen) atoms. The van der Waals surface area contributed by atoms with Crippen molar-refractivity contribution in [1.82, 2.24) is 0 Å². The molecule has 1 aliphatic heterocycles. The quantitative estimate of drug-likeness (QED) is 0.530. The summed E-state index contributed by atoms with van der Waals surface area (Å²) in [7, 11) is 0. The van der Waals surface area contributed by atoms with E-state index in [0.29, 0.717) is 17.1 Å². The number of benzene rings is 2.